The Bertz CT molecular complexity index is 275. The quantitative estimate of drug-likeness (QED) is 0.687. The van der Waals surface area contributed by atoms with Gasteiger partial charge in [0.15, 0.2) is 0 Å². The number of hydrogen-bond acceptors (Lipinski definition) is 3. The van der Waals surface area contributed by atoms with Crippen LogP contribution in [0.3, 0.4) is 0 Å². The van der Waals surface area contributed by atoms with E-state index in [1.54, 1.807) is 11.8 Å². The molecule has 1 aliphatic rings. The molecule has 0 aliphatic carbocycles. The first kappa shape index (κ1) is 12.0. The summed E-state index contributed by atoms with van der Waals surface area (Å²) < 4.78 is 4.99. The van der Waals surface area contributed by atoms with E-state index in [1.807, 2.05) is 6.92 Å². The van der Waals surface area contributed by atoms with Crippen LogP contribution in [0.25, 0.3) is 0 Å². The van der Waals surface area contributed by atoms with Crippen molar-refractivity contribution in [3.05, 3.63) is 0 Å². The second-order valence-electron chi connectivity index (χ2n) is 4.38. The van der Waals surface area contributed by atoms with Crippen molar-refractivity contribution in [1.29, 1.82) is 5.26 Å². The van der Waals surface area contributed by atoms with Crippen LogP contribution in [-0.4, -0.2) is 37.1 Å². The van der Waals surface area contributed by atoms with Crippen LogP contribution >= 0.6 is 0 Å². The van der Waals surface area contributed by atoms with Gasteiger partial charge in [0.05, 0.1) is 11.5 Å². The molecule has 4 heteroatoms. The number of rotatable bonds is 2. The summed E-state index contributed by atoms with van der Waals surface area (Å²) in [6, 6.07) is 2.31. The third-order valence-corrected chi connectivity index (χ3v) is 3.15. The SMILES string of the molecule is COC(C)C(=O)N1CCC(C)(C#N)CC1. The normalized spacial score (nSPS) is 21.9. The van der Waals surface area contributed by atoms with Crippen LogP contribution in [0, 0.1) is 16.7 Å². The lowest BCUT2D eigenvalue weighted by Gasteiger charge is -2.35. The first-order chi connectivity index (χ1) is 7.02. The number of methoxy groups -OCH3 is 1. The van der Waals surface area contributed by atoms with Gasteiger partial charge in [-0.1, -0.05) is 0 Å². The lowest BCUT2D eigenvalue weighted by molar-refractivity contribution is -0.142. The number of carbonyl (C=O) groups excluding carboxylic acids is 1. The van der Waals surface area contributed by atoms with E-state index in [-0.39, 0.29) is 17.4 Å². The molecule has 1 rings (SSSR count). The van der Waals surface area contributed by atoms with Crippen molar-refractivity contribution in [1.82, 2.24) is 4.90 Å². The predicted molar refractivity (Wildman–Crippen MR) is 56.0 cm³/mol. The summed E-state index contributed by atoms with van der Waals surface area (Å²) in [7, 11) is 1.53. The van der Waals surface area contributed by atoms with Gasteiger partial charge in [-0.2, -0.15) is 5.26 Å². The topological polar surface area (TPSA) is 53.3 Å². The fraction of sp³-hybridized carbons (Fsp3) is 0.818. The second-order valence-corrected chi connectivity index (χ2v) is 4.38. The van der Waals surface area contributed by atoms with Gasteiger partial charge in [0.1, 0.15) is 6.10 Å². The number of piperidine rings is 1. The van der Waals surface area contributed by atoms with Gasteiger partial charge in [0.25, 0.3) is 5.91 Å². The van der Waals surface area contributed by atoms with Crippen molar-refractivity contribution in [2.24, 2.45) is 5.41 Å². The van der Waals surface area contributed by atoms with Crippen molar-refractivity contribution in [2.45, 2.75) is 32.8 Å². The average molecular weight is 210 g/mol. The molecule has 15 heavy (non-hydrogen) atoms. The zero-order valence-electron chi connectivity index (χ0n) is 9.62. The summed E-state index contributed by atoms with van der Waals surface area (Å²) in [5.41, 5.74) is -0.257. The van der Waals surface area contributed by atoms with Crippen LogP contribution in [-0.2, 0) is 9.53 Å². The Morgan fingerprint density at radius 2 is 2.07 bits per heavy atom. The minimum Gasteiger partial charge on any atom is -0.372 e. The first-order valence-electron chi connectivity index (χ1n) is 5.25. The largest absolute Gasteiger partial charge is 0.372 e. The van der Waals surface area contributed by atoms with E-state index in [0.29, 0.717) is 13.1 Å². The standard InChI is InChI=1S/C11H18N2O2/c1-9(15-3)10(14)13-6-4-11(2,8-12)5-7-13/h9H,4-7H2,1-3H3. The molecule has 0 aromatic rings. The molecule has 1 atom stereocenters. The number of nitrogens with zero attached hydrogens (tertiary/aromatic N) is 2. The van der Waals surface area contributed by atoms with Gasteiger partial charge in [0, 0.05) is 20.2 Å². The Hall–Kier alpha value is -1.08. The minimum absolute atomic E-state index is 0.0255. The van der Waals surface area contributed by atoms with Crippen LogP contribution < -0.4 is 0 Å². The summed E-state index contributed by atoms with van der Waals surface area (Å²) in [5.74, 6) is 0.0255. The number of nitriles is 1. The predicted octanol–water partition coefficient (Wildman–Crippen LogP) is 1.17. The lowest BCUT2D eigenvalue weighted by atomic mass is 9.82. The van der Waals surface area contributed by atoms with Gasteiger partial charge in [-0.3, -0.25) is 4.79 Å². The highest BCUT2D eigenvalue weighted by molar-refractivity contribution is 5.80. The number of ether oxygens (including phenoxy) is 1. The number of hydrogen-bond donors (Lipinski definition) is 0. The monoisotopic (exact) mass is 210 g/mol. The zero-order valence-corrected chi connectivity index (χ0v) is 9.62. The molecule has 0 spiro atoms. The van der Waals surface area contributed by atoms with Gasteiger partial charge in [-0.15, -0.1) is 0 Å². The summed E-state index contributed by atoms with van der Waals surface area (Å²) in [4.78, 5) is 13.5. The number of likely N-dealkylation sites (tertiary alicyclic amines) is 1. The molecular formula is C11H18N2O2. The van der Waals surface area contributed by atoms with Crippen LogP contribution in [0.2, 0.25) is 0 Å². The van der Waals surface area contributed by atoms with Crippen molar-refractivity contribution in [3.63, 3.8) is 0 Å². The Labute approximate surface area is 90.8 Å². The van der Waals surface area contributed by atoms with Crippen molar-refractivity contribution in [2.75, 3.05) is 20.2 Å². The van der Waals surface area contributed by atoms with Gasteiger partial charge in [-0.05, 0) is 26.7 Å². The molecule has 0 N–H and O–H groups in total. The molecule has 4 nitrogen and oxygen atoms in total. The highest BCUT2D eigenvalue weighted by Crippen LogP contribution is 2.29. The summed E-state index contributed by atoms with van der Waals surface area (Å²) in [6.07, 6.45) is 1.13. The maximum atomic E-state index is 11.7. The summed E-state index contributed by atoms with van der Waals surface area (Å²) in [6.45, 7) is 5.03. The molecule has 0 aromatic heterocycles. The van der Waals surface area contributed by atoms with E-state index in [4.69, 9.17) is 10.00 Å². The zero-order chi connectivity index (χ0) is 11.5. The summed E-state index contributed by atoms with van der Waals surface area (Å²) >= 11 is 0. The maximum absolute atomic E-state index is 11.7. The highest BCUT2D eigenvalue weighted by Gasteiger charge is 2.32. The van der Waals surface area contributed by atoms with Gasteiger partial charge >= 0.3 is 0 Å². The van der Waals surface area contributed by atoms with Crippen molar-refractivity contribution < 1.29 is 9.53 Å². The highest BCUT2D eigenvalue weighted by atomic mass is 16.5. The molecule has 0 bridgehead atoms. The average Bonchev–Trinajstić information content (AvgIpc) is 2.28. The molecule has 1 heterocycles. The van der Waals surface area contributed by atoms with Crippen molar-refractivity contribution in [3.8, 4) is 6.07 Å². The fourth-order valence-corrected chi connectivity index (χ4v) is 1.69. The van der Waals surface area contributed by atoms with Gasteiger partial charge in [-0.25, -0.2) is 0 Å². The molecule has 0 radical (unpaired) electrons. The van der Waals surface area contributed by atoms with E-state index < -0.39 is 0 Å². The Morgan fingerprint density at radius 3 is 2.47 bits per heavy atom. The third kappa shape index (κ3) is 2.69. The van der Waals surface area contributed by atoms with Crippen LogP contribution in [0.1, 0.15) is 26.7 Å². The fourth-order valence-electron chi connectivity index (χ4n) is 1.69. The molecular weight excluding hydrogens is 192 g/mol. The molecule has 1 aliphatic heterocycles. The Morgan fingerprint density at radius 1 is 1.53 bits per heavy atom. The molecule has 84 valence electrons. The second kappa shape index (κ2) is 4.63. The van der Waals surface area contributed by atoms with E-state index in [9.17, 15) is 4.79 Å². The van der Waals surface area contributed by atoms with E-state index >= 15 is 0 Å². The van der Waals surface area contributed by atoms with E-state index in [0.717, 1.165) is 12.8 Å². The molecule has 1 unspecified atom stereocenters. The smallest absolute Gasteiger partial charge is 0.251 e. The van der Waals surface area contributed by atoms with Crippen LogP contribution in [0.4, 0.5) is 0 Å². The molecule has 1 amide bonds. The van der Waals surface area contributed by atoms with Crippen LogP contribution in [0.15, 0.2) is 0 Å². The van der Waals surface area contributed by atoms with Gasteiger partial charge in [0.2, 0.25) is 0 Å². The molecule has 0 aromatic carbocycles. The maximum Gasteiger partial charge on any atom is 0.251 e. The van der Waals surface area contributed by atoms with Gasteiger partial charge < -0.3 is 9.64 Å². The van der Waals surface area contributed by atoms with E-state index in [1.165, 1.54) is 7.11 Å². The van der Waals surface area contributed by atoms with Crippen molar-refractivity contribution >= 4 is 5.91 Å². The first-order valence-corrected chi connectivity index (χ1v) is 5.25. The summed E-state index contributed by atoms with van der Waals surface area (Å²) in [5, 5.41) is 8.95. The van der Waals surface area contributed by atoms with Crippen LogP contribution in [0.5, 0.6) is 0 Å². The molecule has 0 saturated carbocycles. The Kier molecular flexibility index (Phi) is 3.70. The lowest BCUT2D eigenvalue weighted by Crippen LogP contribution is -2.45. The Balaban J connectivity index is 2.52. The number of amides is 1. The number of carbonyl (C=O) groups is 1. The molecule has 1 fully saturated rings. The minimum atomic E-state index is -0.378. The van der Waals surface area contributed by atoms with E-state index in [2.05, 4.69) is 6.07 Å². The molecule has 1 saturated heterocycles. The third-order valence-electron chi connectivity index (χ3n) is 3.15.